The molecule has 0 saturated carbocycles. The van der Waals surface area contributed by atoms with Gasteiger partial charge in [-0.15, -0.1) is 0 Å². The van der Waals surface area contributed by atoms with E-state index in [-0.39, 0.29) is 0 Å². The number of hydrogen-bond donors (Lipinski definition) is 0. The molecule has 1 nitrogen and oxygen atoms in total. The van der Waals surface area contributed by atoms with Gasteiger partial charge >= 0.3 is 0 Å². The third kappa shape index (κ3) is 2.10. The van der Waals surface area contributed by atoms with Crippen LogP contribution in [0.2, 0.25) is 0 Å². The largest absolute Gasteiger partial charge is 0.497 e. The topological polar surface area (TPSA) is 9.23 Å². The molecule has 0 unspecified atom stereocenters. The van der Waals surface area contributed by atoms with Crippen molar-refractivity contribution in [3.05, 3.63) is 48.5 Å². The molecule has 0 atom stereocenters. The van der Waals surface area contributed by atoms with Gasteiger partial charge in [0.15, 0.2) is 0 Å². The average Bonchev–Trinajstić information content (AvgIpc) is 2.30. The minimum absolute atomic E-state index is 0.861. The summed E-state index contributed by atoms with van der Waals surface area (Å²) in [6.45, 7) is 0. The first kappa shape index (κ1) is 9.99. The number of benzene rings is 2. The molecule has 73 valence electrons. The number of ether oxygens (including phenoxy) is 1. The van der Waals surface area contributed by atoms with Crippen LogP contribution in [0.5, 0.6) is 5.75 Å². The molecule has 0 heterocycles. The molecule has 2 aromatic rings. The molecule has 2 heteroatoms. The monoisotopic (exact) mass is 211 g/mol. The first-order chi connectivity index (χ1) is 7.31. The van der Waals surface area contributed by atoms with E-state index in [1.54, 1.807) is 7.11 Å². The Morgan fingerprint density at radius 1 is 1.00 bits per heavy atom. The van der Waals surface area contributed by atoms with Crippen LogP contribution in [0.15, 0.2) is 48.5 Å². The normalized spacial score (nSPS) is 10.0. The lowest BCUT2D eigenvalue weighted by Gasteiger charge is -2.07. The van der Waals surface area contributed by atoms with Gasteiger partial charge in [-0.05, 0) is 23.3 Å². The summed E-state index contributed by atoms with van der Waals surface area (Å²) < 4.78 is 5.15. The fraction of sp³-hybridized carbons (Fsp3) is 0.0769. The summed E-state index contributed by atoms with van der Waals surface area (Å²) in [6, 6.07) is 16.2. The van der Waals surface area contributed by atoms with Crippen molar-refractivity contribution in [2.45, 2.75) is 0 Å². The lowest BCUT2D eigenvalue weighted by molar-refractivity contribution is 0.415. The van der Waals surface area contributed by atoms with Gasteiger partial charge in [-0.1, -0.05) is 41.6 Å². The zero-order valence-electron chi connectivity index (χ0n) is 8.53. The highest BCUT2D eigenvalue weighted by molar-refractivity contribution is 6.36. The van der Waals surface area contributed by atoms with Crippen molar-refractivity contribution in [3.63, 3.8) is 0 Å². The fourth-order valence-electron chi connectivity index (χ4n) is 1.52. The van der Waals surface area contributed by atoms with Crippen LogP contribution in [0, 0.1) is 0 Å². The molecule has 0 aliphatic carbocycles. The van der Waals surface area contributed by atoms with E-state index in [0.29, 0.717) is 0 Å². The maximum absolute atomic E-state index is 5.15. The maximum atomic E-state index is 5.15. The lowest BCUT2D eigenvalue weighted by Crippen LogP contribution is -2.06. The minimum Gasteiger partial charge on any atom is -0.497 e. The number of rotatable bonds is 2. The fourth-order valence-corrected chi connectivity index (χ4v) is 1.89. The van der Waals surface area contributed by atoms with Gasteiger partial charge < -0.3 is 4.74 Å². The smallest absolute Gasteiger partial charge is 0.118 e. The first-order valence-electron chi connectivity index (χ1n) is 4.76. The van der Waals surface area contributed by atoms with Gasteiger partial charge in [-0.3, -0.25) is 0 Å². The van der Waals surface area contributed by atoms with Crippen molar-refractivity contribution in [2.75, 3.05) is 7.11 Å². The molecule has 0 aliphatic rings. The molecule has 0 N–H and O–H groups in total. The van der Waals surface area contributed by atoms with E-state index in [0.717, 1.165) is 10.9 Å². The summed E-state index contributed by atoms with van der Waals surface area (Å²) in [5.41, 5.74) is 2.37. The van der Waals surface area contributed by atoms with Crippen LogP contribution in [0.4, 0.5) is 0 Å². The van der Waals surface area contributed by atoms with Gasteiger partial charge in [0, 0.05) is 0 Å². The van der Waals surface area contributed by atoms with Crippen molar-refractivity contribution in [1.82, 2.24) is 0 Å². The van der Waals surface area contributed by atoms with Crippen molar-refractivity contribution in [1.29, 1.82) is 0 Å². The van der Waals surface area contributed by atoms with Gasteiger partial charge in [-0.2, -0.15) is 0 Å². The van der Waals surface area contributed by atoms with Crippen LogP contribution in [0.1, 0.15) is 0 Å². The van der Waals surface area contributed by atoms with E-state index in [2.05, 4.69) is 28.4 Å². The van der Waals surface area contributed by atoms with E-state index in [1.807, 2.05) is 30.3 Å². The Balaban J connectivity index is 2.46. The highest BCUT2D eigenvalue weighted by Crippen LogP contribution is 2.19. The molecule has 0 aromatic heterocycles. The molecule has 2 aromatic carbocycles. The molecular formula is C13H11OSi. The summed E-state index contributed by atoms with van der Waals surface area (Å²) in [5, 5.41) is 1.04. The molecule has 2 rings (SSSR count). The molecule has 0 spiro atoms. The van der Waals surface area contributed by atoms with E-state index in [4.69, 9.17) is 4.74 Å². The predicted molar refractivity (Wildman–Crippen MR) is 63.8 cm³/mol. The van der Waals surface area contributed by atoms with Crippen molar-refractivity contribution < 1.29 is 4.74 Å². The summed E-state index contributed by atoms with van der Waals surface area (Å²) in [4.78, 5) is 0. The first-order valence-corrected chi connectivity index (χ1v) is 5.26. The highest BCUT2D eigenvalue weighted by Gasteiger charge is 2.01. The van der Waals surface area contributed by atoms with E-state index in [1.165, 1.54) is 11.1 Å². The Labute approximate surface area is 93.1 Å². The Kier molecular flexibility index (Phi) is 2.88. The molecule has 0 saturated heterocycles. The van der Waals surface area contributed by atoms with Crippen LogP contribution in [0.3, 0.4) is 0 Å². The standard InChI is InChI=1S/C13H11OSi/c1-14-11-7-8-12(13(15)9-11)10-5-3-2-4-6-10/h2-9H,1H3. The van der Waals surface area contributed by atoms with Crippen LogP contribution in [0.25, 0.3) is 11.1 Å². The molecule has 0 fully saturated rings. The average molecular weight is 211 g/mol. The zero-order valence-corrected chi connectivity index (χ0v) is 9.53. The summed E-state index contributed by atoms with van der Waals surface area (Å²) in [6.07, 6.45) is 0. The molecule has 3 radical (unpaired) electrons. The van der Waals surface area contributed by atoms with E-state index in [9.17, 15) is 0 Å². The second kappa shape index (κ2) is 4.32. The van der Waals surface area contributed by atoms with Gasteiger partial charge in [0.1, 0.15) is 5.75 Å². The van der Waals surface area contributed by atoms with Gasteiger partial charge in [0.05, 0.1) is 17.4 Å². The quantitative estimate of drug-likeness (QED) is 0.692. The van der Waals surface area contributed by atoms with Gasteiger partial charge in [-0.25, -0.2) is 0 Å². The Morgan fingerprint density at radius 2 is 1.73 bits per heavy atom. The van der Waals surface area contributed by atoms with Gasteiger partial charge in [0.2, 0.25) is 0 Å². The van der Waals surface area contributed by atoms with E-state index >= 15 is 0 Å². The van der Waals surface area contributed by atoms with Crippen LogP contribution >= 0.6 is 0 Å². The molecule has 0 amide bonds. The van der Waals surface area contributed by atoms with Crippen LogP contribution in [-0.2, 0) is 0 Å². The molecule has 0 aliphatic heterocycles. The Bertz CT molecular complexity index is 451. The summed E-state index contributed by atoms with van der Waals surface area (Å²) >= 11 is 0. The molecular weight excluding hydrogens is 200 g/mol. The summed E-state index contributed by atoms with van der Waals surface area (Å²) in [5.74, 6) is 0.861. The maximum Gasteiger partial charge on any atom is 0.118 e. The zero-order chi connectivity index (χ0) is 10.7. The SMILES string of the molecule is COc1ccc(-c2ccccc2)c([Si])c1. The molecule has 0 bridgehead atoms. The second-order valence-corrected chi connectivity index (χ2v) is 3.82. The van der Waals surface area contributed by atoms with Crippen molar-refractivity contribution >= 4 is 15.4 Å². The van der Waals surface area contributed by atoms with Crippen LogP contribution < -0.4 is 9.92 Å². The third-order valence-corrected chi connectivity index (χ3v) is 2.73. The van der Waals surface area contributed by atoms with E-state index < -0.39 is 0 Å². The predicted octanol–water partition coefficient (Wildman–Crippen LogP) is 2.16. The highest BCUT2D eigenvalue weighted by atomic mass is 28.1. The van der Waals surface area contributed by atoms with Gasteiger partial charge in [0.25, 0.3) is 0 Å². The summed E-state index contributed by atoms with van der Waals surface area (Å²) in [7, 11) is 5.27. The Hall–Kier alpha value is -1.54. The lowest BCUT2D eigenvalue weighted by atomic mass is 10.1. The molecule has 15 heavy (non-hydrogen) atoms. The van der Waals surface area contributed by atoms with Crippen molar-refractivity contribution in [2.24, 2.45) is 0 Å². The number of hydrogen-bond acceptors (Lipinski definition) is 1. The second-order valence-electron chi connectivity index (χ2n) is 3.28. The minimum atomic E-state index is 0.861. The van der Waals surface area contributed by atoms with Crippen molar-refractivity contribution in [3.8, 4) is 16.9 Å². The Morgan fingerprint density at radius 3 is 2.33 bits per heavy atom. The third-order valence-electron chi connectivity index (χ3n) is 2.31. The number of methoxy groups -OCH3 is 1. The van der Waals surface area contributed by atoms with Crippen LogP contribution in [-0.4, -0.2) is 17.4 Å².